The first-order valence-electron chi connectivity index (χ1n) is 7.49. The zero-order chi connectivity index (χ0) is 18.0. The molecule has 127 valence electrons. The van der Waals surface area contributed by atoms with E-state index < -0.39 is 5.66 Å². The van der Waals surface area contributed by atoms with Crippen molar-refractivity contribution in [2.45, 2.75) is 12.6 Å². The SMILES string of the molecule is CC(=O)NC1(c2ccc(F)cc2)C=[C]C=CN1c1ccc(Cl)cc1Cl. The fraction of sp³-hybridized carbons (Fsp3) is 0.105. The summed E-state index contributed by atoms with van der Waals surface area (Å²) in [7, 11) is 0. The first kappa shape index (κ1) is 17.5. The first-order chi connectivity index (χ1) is 11.9. The highest BCUT2D eigenvalue weighted by molar-refractivity contribution is 6.36. The molecule has 0 bridgehead atoms. The minimum Gasteiger partial charge on any atom is -0.326 e. The molecule has 1 aliphatic heterocycles. The summed E-state index contributed by atoms with van der Waals surface area (Å²) >= 11 is 12.4. The van der Waals surface area contributed by atoms with E-state index in [-0.39, 0.29) is 11.7 Å². The van der Waals surface area contributed by atoms with Gasteiger partial charge in [-0.3, -0.25) is 4.79 Å². The molecule has 1 unspecified atom stereocenters. The number of anilines is 1. The van der Waals surface area contributed by atoms with Crippen LogP contribution in [0.3, 0.4) is 0 Å². The predicted octanol–water partition coefficient (Wildman–Crippen LogP) is 4.81. The summed E-state index contributed by atoms with van der Waals surface area (Å²) in [6.45, 7) is 1.42. The minimum absolute atomic E-state index is 0.257. The number of halogens is 3. The fourth-order valence-corrected chi connectivity index (χ4v) is 3.28. The average Bonchev–Trinajstić information content (AvgIpc) is 2.56. The Morgan fingerprint density at radius 1 is 1.20 bits per heavy atom. The lowest BCUT2D eigenvalue weighted by Gasteiger charge is -2.43. The number of nitrogens with one attached hydrogen (secondary N) is 1. The van der Waals surface area contributed by atoms with E-state index in [1.54, 1.807) is 53.6 Å². The molecule has 1 N–H and O–H groups in total. The number of nitrogens with zero attached hydrogens (tertiary/aromatic N) is 1. The molecule has 1 amide bonds. The third kappa shape index (κ3) is 3.41. The van der Waals surface area contributed by atoms with Crippen LogP contribution in [0.15, 0.2) is 60.8 Å². The van der Waals surface area contributed by atoms with Crippen molar-refractivity contribution in [1.82, 2.24) is 5.32 Å². The Morgan fingerprint density at radius 2 is 1.92 bits per heavy atom. The molecule has 3 nitrogen and oxygen atoms in total. The monoisotopic (exact) mass is 375 g/mol. The van der Waals surface area contributed by atoms with Gasteiger partial charge in [0.1, 0.15) is 5.82 Å². The Kier molecular flexibility index (Phi) is 4.84. The van der Waals surface area contributed by atoms with Gasteiger partial charge in [0.05, 0.1) is 10.7 Å². The zero-order valence-electron chi connectivity index (χ0n) is 13.3. The van der Waals surface area contributed by atoms with Crippen LogP contribution in [0.5, 0.6) is 0 Å². The van der Waals surface area contributed by atoms with Gasteiger partial charge in [-0.1, -0.05) is 35.3 Å². The Labute approximate surface area is 155 Å². The number of amides is 1. The zero-order valence-corrected chi connectivity index (χ0v) is 14.8. The van der Waals surface area contributed by atoms with Crippen molar-refractivity contribution in [3.8, 4) is 0 Å². The van der Waals surface area contributed by atoms with Gasteiger partial charge in [0.2, 0.25) is 5.91 Å². The normalized spacial score (nSPS) is 19.1. The molecule has 0 aromatic heterocycles. The van der Waals surface area contributed by atoms with Crippen molar-refractivity contribution in [3.63, 3.8) is 0 Å². The number of allylic oxidation sites excluding steroid dienone is 2. The Balaban J connectivity index is 2.19. The quantitative estimate of drug-likeness (QED) is 0.834. The maximum atomic E-state index is 13.4. The summed E-state index contributed by atoms with van der Waals surface area (Å²) < 4.78 is 13.4. The van der Waals surface area contributed by atoms with Crippen LogP contribution < -0.4 is 10.2 Å². The standard InChI is InChI=1S/C19H14Cl2FN2O/c1-13(25)23-19(14-4-7-16(22)8-5-14)10-2-3-11-24(19)18-9-6-15(20)12-17(18)21/h3-12H,1H3,(H,23,25). The number of rotatable bonds is 3. The predicted molar refractivity (Wildman–Crippen MR) is 97.8 cm³/mol. The van der Waals surface area contributed by atoms with Gasteiger partial charge in [-0.05, 0) is 48.6 Å². The average molecular weight is 376 g/mol. The summed E-state index contributed by atoms with van der Waals surface area (Å²) in [5.74, 6) is -0.620. The largest absolute Gasteiger partial charge is 0.326 e. The van der Waals surface area contributed by atoms with Crippen LogP contribution in [0.25, 0.3) is 0 Å². The second-order valence-corrected chi connectivity index (χ2v) is 6.39. The minimum atomic E-state index is -1.09. The summed E-state index contributed by atoms with van der Waals surface area (Å²) in [6, 6.07) is 11.0. The second-order valence-electron chi connectivity index (χ2n) is 5.55. The number of hydrogen-bond acceptors (Lipinski definition) is 2. The molecule has 6 heteroatoms. The molecule has 0 saturated carbocycles. The molecule has 0 saturated heterocycles. The molecular formula is C19H14Cl2FN2O. The maximum Gasteiger partial charge on any atom is 0.219 e. The Morgan fingerprint density at radius 3 is 2.56 bits per heavy atom. The van der Waals surface area contributed by atoms with Crippen LogP contribution in [-0.2, 0) is 10.5 Å². The van der Waals surface area contributed by atoms with Gasteiger partial charge in [-0.15, -0.1) is 0 Å². The number of benzene rings is 2. The molecule has 1 atom stereocenters. The highest BCUT2D eigenvalue weighted by Crippen LogP contribution is 2.39. The fourth-order valence-electron chi connectivity index (χ4n) is 2.78. The van der Waals surface area contributed by atoms with Crippen LogP contribution in [0.1, 0.15) is 12.5 Å². The van der Waals surface area contributed by atoms with Gasteiger partial charge in [0.25, 0.3) is 0 Å². The summed E-state index contributed by atoms with van der Waals surface area (Å²) in [5, 5.41) is 3.85. The summed E-state index contributed by atoms with van der Waals surface area (Å²) in [4.78, 5) is 13.7. The van der Waals surface area contributed by atoms with Crippen molar-refractivity contribution >= 4 is 34.8 Å². The van der Waals surface area contributed by atoms with E-state index in [4.69, 9.17) is 23.2 Å². The van der Waals surface area contributed by atoms with Crippen molar-refractivity contribution in [2.24, 2.45) is 0 Å². The van der Waals surface area contributed by atoms with Gasteiger partial charge >= 0.3 is 0 Å². The van der Waals surface area contributed by atoms with E-state index >= 15 is 0 Å². The molecule has 1 heterocycles. The van der Waals surface area contributed by atoms with Crippen LogP contribution in [0.4, 0.5) is 10.1 Å². The molecule has 1 radical (unpaired) electrons. The van der Waals surface area contributed by atoms with Crippen LogP contribution in [0.2, 0.25) is 10.0 Å². The van der Waals surface area contributed by atoms with E-state index in [0.29, 0.717) is 21.3 Å². The lowest BCUT2D eigenvalue weighted by Crippen LogP contribution is -2.55. The van der Waals surface area contributed by atoms with Crippen molar-refractivity contribution in [1.29, 1.82) is 0 Å². The highest BCUT2D eigenvalue weighted by atomic mass is 35.5. The van der Waals surface area contributed by atoms with Crippen LogP contribution in [0, 0.1) is 11.9 Å². The first-order valence-corrected chi connectivity index (χ1v) is 8.24. The summed E-state index contributed by atoms with van der Waals surface area (Å²) in [5.41, 5.74) is 0.205. The number of carbonyl (C=O) groups is 1. The maximum absolute atomic E-state index is 13.4. The topological polar surface area (TPSA) is 32.3 Å². The van der Waals surface area contributed by atoms with Crippen molar-refractivity contribution in [3.05, 3.63) is 88.3 Å². The molecule has 2 aromatic rings. The molecule has 1 aliphatic rings. The molecule has 3 rings (SSSR count). The van der Waals surface area contributed by atoms with Crippen LogP contribution in [-0.4, -0.2) is 5.91 Å². The van der Waals surface area contributed by atoms with Gasteiger partial charge in [0, 0.05) is 23.7 Å². The van der Waals surface area contributed by atoms with Crippen molar-refractivity contribution < 1.29 is 9.18 Å². The third-order valence-electron chi connectivity index (χ3n) is 3.81. The highest BCUT2D eigenvalue weighted by Gasteiger charge is 2.38. The van der Waals surface area contributed by atoms with E-state index in [1.807, 2.05) is 0 Å². The van der Waals surface area contributed by atoms with Crippen molar-refractivity contribution in [2.75, 3.05) is 4.90 Å². The molecule has 0 fully saturated rings. The third-order valence-corrected chi connectivity index (χ3v) is 4.35. The smallest absolute Gasteiger partial charge is 0.219 e. The van der Waals surface area contributed by atoms with Gasteiger partial charge in [0.15, 0.2) is 5.66 Å². The van der Waals surface area contributed by atoms with Gasteiger partial charge in [-0.25, -0.2) is 4.39 Å². The van der Waals surface area contributed by atoms with Crippen LogP contribution >= 0.6 is 23.2 Å². The molecule has 0 aliphatic carbocycles. The van der Waals surface area contributed by atoms with E-state index in [1.165, 1.54) is 19.1 Å². The van der Waals surface area contributed by atoms with E-state index in [2.05, 4.69) is 11.4 Å². The number of carbonyl (C=O) groups excluding carboxylic acids is 1. The molecule has 0 spiro atoms. The summed E-state index contributed by atoms with van der Waals surface area (Å²) in [6.07, 6.45) is 8.15. The molecular weight excluding hydrogens is 362 g/mol. The van der Waals surface area contributed by atoms with Gasteiger partial charge in [-0.2, -0.15) is 0 Å². The second kappa shape index (κ2) is 6.90. The number of hydrogen-bond donors (Lipinski definition) is 1. The van der Waals surface area contributed by atoms with Gasteiger partial charge < -0.3 is 10.2 Å². The molecule has 25 heavy (non-hydrogen) atoms. The lowest BCUT2D eigenvalue weighted by atomic mass is 9.94. The molecule has 2 aromatic carbocycles. The Bertz CT molecular complexity index is 864. The van der Waals surface area contributed by atoms with E-state index in [0.717, 1.165) is 0 Å². The Hall–Kier alpha value is -2.30. The van der Waals surface area contributed by atoms with E-state index in [9.17, 15) is 9.18 Å². The lowest BCUT2D eigenvalue weighted by molar-refractivity contribution is -0.120.